The molecule has 2 heteroatoms. The molecule has 0 bridgehead atoms. The quantitative estimate of drug-likeness (QED) is 0.771. The van der Waals surface area contributed by atoms with Gasteiger partial charge in [0.2, 0.25) is 0 Å². The van der Waals surface area contributed by atoms with Crippen molar-refractivity contribution < 1.29 is 4.74 Å². The summed E-state index contributed by atoms with van der Waals surface area (Å²) in [5.74, 6) is 2.71. The molecule has 3 atom stereocenters. The fourth-order valence-corrected chi connectivity index (χ4v) is 4.57. The number of hydrogen-bond acceptors (Lipinski definition) is 2. The molecule has 0 aromatic heterocycles. The summed E-state index contributed by atoms with van der Waals surface area (Å²) in [5, 5.41) is 3.63. The van der Waals surface area contributed by atoms with Gasteiger partial charge in [-0.2, -0.15) is 0 Å². The molecule has 3 aliphatic rings. The van der Waals surface area contributed by atoms with Gasteiger partial charge in [-0.15, -0.1) is 0 Å². The summed E-state index contributed by atoms with van der Waals surface area (Å²) in [6, 6.07) is 0. The van der Waals surface area contributed by atoms with Crippen LogP contribution in [0.3, 0.4) is 0 Å². The fraction of sp³-hybridized carbons (Fsp3) is 1.00. The zero-order chi connectivity index (χ0) is 12.4. The van der Waals surface area contributed by atoms with Gasteiger partial charge in [0.1, 0.15) is 0 Å². The minimum Gasteiger partial charge on any atom is -0.375 e. The maximum absolute atomic E-state index is 6.23. The predicted molar refractivity (Wildman–Crippen MR) is 74.6 cm³/mol. The molecule has 0 aromatic carbocycles. The van der Waals surface area contributed by atoms with Gasteiger partial charge >= 0.3 is 0 Å². The topological polar surface area (TPSA) is 21.3 Å². The first kappa shape index (κ1) is 12.9. The van der Waals surface area contributed by atoms with Gasteiger partial charge in [-0.25, -0.2) is 0 Å². The molecule has 1 N–H and O–H groups in total. The minimum atomic E-state index is 0.294. The van der Waals surface area contributed by atoms with Gasteiger partial charge in [0.15, 0.2) is 0 Å². The lowest BCUT2D eigenvalue weighted by atomic mass is 9.70. The molecule has 2 aliphatic heterocycles. The van der Waals surface area contributed by atoms with E-state index in [4.69, 9.17) is 4.74 Å². The molecule has 3 unspecified atom stereocenters. The lowest BCUT2D eigenvalue weighted by Gasteiger charge is -2.46. The van der Waals surface area contributed by atoms with Crippen LogP contribution in [0.4, 0.5) is 0 Å². The molecule has 0 aromatic rings. The Bertz CT molecular complexity index is 267. The summed E-state index contributed by atoms with van der Waals surface area (Å²) < 4.78 is 6.23. The maximum atomic E-state index is 6.23. The van der Waals surface area contributed by atoms with E-state index in [9.17, 15) is 0 Å². The van der Waals surface area contributed by atoms with E-state index in [0.717, 1.165) is 24.4 Å². The zero-order valence-electron chi connectivity index (χ0n) is 11.9. The van der Waals surface area contributed by atoms with E-state index >= 15 is 0 Å². The van der Waals surface area contributed by atoms with Crippen LogP contribution in [0.5, 0.6) is 0 Å². The van der Waals surface area contributed by atoms with Crippen molar-refractivity contribution in [3.8, 4) is 0 Å². The fourth-order valence-electron chi connectivity index (χ4n) is 4.57. The summed E-state index contributed by atoms with van der Waals surface area (Å²) in [6.07, 6.45) is 11.0. The molecule has 0 amide bonds. The minimum absolute atomic E-state index is 0.294. The van der Waals surface area contributed by atoms with Crippen molar-refractivity contribution in [2.24, 2.45) is 17.8 Å². The summed E-state index contributed by atoms with van der Waals surface area (Å²) in [4.78, 5) is 0. The standard InChI is InChI=1S/C16H29NO/c1-13-9-15(12-17-11-13)14-5-8-18-16(10-14)6-3-2-4-7-16/h13-15,17H,2-12H2,1H3. The monoisotopic (exact) mass is 251 g/mol. The van der Waals surface area contributed by atoms with Crippen LogP contribution in [0.1, 0.15) is 58.3 Å². The van der Waals surface area contributed by atoms with Crippen molar-refractivity contribution in [1.29, 1.82) is 0 Å². The van der Waals surface area contributed by atoms with E-state index in [1.807, 2.05) is 0 Å². The lowest BCUT2D eigenvalue weighted by molar-refractivity contribution is -0.126. The molecule has 1 saturated carbocycles. The third-order valence-corrected chi connectivity index (χ3v) is 5.57. The highest BCUT2D eigenvalue weighted by Crippen LogP contribution is 2.44. The predicted octanol–water partition coefficient (Wildman–Crippen LogP) is 3.36. The summed E-state index contributed by atoms with van der Waals surface area (Å²) in [6.45, 7) is 5.90. The van der Waals surface area contributed by atoms with Crippen LogP contribution in [-0.4, -0.2) is 25.3 Å². The Kier molecular flexibility index (Phi) is 3.95. The first-order valence-corrected chi connectivity index (χ1v) is 8.12. The Balaban J connectivity index is 1.62. The second kappa shape index (κ2) is 5.50. The van der Waals surface area contributed by atoms with Crippen LogP contribution in [0.2, 0.25) is 0 Å². The Morgan fingerprint density at radius 2 is 1.89 bits per heavy atom. The molecule has 104 valence electrons. The average molecular weight is 251 g/mol. The number of piperidine rings is 1. The highest BCUT2D eigenvalue weighted by atomic mass is 16.5. The van der Waals surface area contributed by atoms with Gasteiger partial charge in [-0.05, 0) is 62.9 Å². The van der Waals surface area contributed by atoms with Gasteiger partial charge in [0, 0.05) is 6.61 Å². The lowest BCUT2D eigenvalue weighted by Crippen LogP contribution is -2.46. The van der Waals surface area contributed by atoms with Crippen molar-refractivity contribution in [1.82, 2.24) is 5.32 Å². The van der Waals surface area contributed by atoms with Crippen LogP contribution in [-0.2, 0) is 4.74 Å². The van der Waals surface area contributed by atoms with E-state index < -0.39 is 0 Å². The van der Waals surface area contributed by atoms with Crippen LogP contribution in [0, 0.1) is 17.8 Å². The summed E-state index contributed by atoms with van der Waals surface area (Å²) in [7, 11) is 0. The van der Waals surface area contributed by atoms with Crippen LogP contribution in [0.25, 0.3) is 0 Å². The zero-order valence-corrected chi connectivity index (χ0v) is 11.9. The third-order valence-electron chi connectivity index (χ3n) is 5.57. The van der Waals surface area contributed by atoms with Crippen LogP contribution >= 0.6 is 0 Å². The molecule has 18 heavy (non-hydrogen) atoms. The average Bonchev–Trinajstić information content (AvgIpc) is 2.40. The number of nitrogens with one attached hydrogen (secondary N) is 1. The summed E-state index contributed by atoms with van der Waals surface area (Å²) >= 11 is 0. The Hall–Kier alpha value is -0.0800. The second-order valence-electron chi connectivity index (χ2n) is 7.10. The molecule has 3 fully saturated rings. The molecule has 3 rings (SSSR count). The number of ether oxygens (including phenoxy) is 1. The Labute approximate surface area is 112 Å². The van der Waals surface area contributed by atoms with Crippen molar-refractivity contribution in [2.45, 2.75) is 63.9 Å². The molecule has 2 saturated heterocycles. The van der Waals surface area contributed by atoms with Crippen LogP contribution in [0.15, 0.2) is 0 Å². The maximum Gasteiger partial charge on any atom is 0.0685 e. The number of hydrogen-bond donors (Lipinski definition) is 1. The molecule has 1 aliphatic carbocycles. The van der Waals surface area contributed by atoms with Gasteiger partial charge < -0.3 is 10.1 Å². The van der Waals surface area contributed by atoms with Crippen molar-refractivity contribution in [3.05, 3.63) is 0 Å². The SMILES string of the molecule is CC1CNCC(C2CCOC3(CCCCC3)C2)C1. The number of rotatable bonds is 1. The van der Waals surface area contributed by atoms with E-state index in [0.29, 0.717) is 5.60 Å². The van der Waals surface area contributed by atoms with Gasteiger partial charge in [0.25, 0.3) is 0 Å². The van der Waals surface area contributed by atoms with Gasteiger partial charge in [-0.1, -0.05) is 26.2 Å². The second-order valence-corrected chi connectivity index (χ2v) is 7.10. The van der Waals surface area contributed by atoms with E-state index in [1.54, 1.807) is 0 Å². The summed E-state index contributed by atoms with van der Waals surface area (Å²) in [5.41, 5.74) is 0.294. The Morgan fingerprint density at radius 3 is 2.67 bits per heavy atom. The van der Waals surface area contributed by atoms with Gasteiger partial charge in [0.05, 0.1) is 5.60 Å². The molecule has 0 radical (unpaired) electrons. The van der Waals surface area contributed by atoms with E-state index in [-0.39, 0.29) is 0 Å². The smallest absolute Gasteiger partial charge is 0.0685 e. The third kappa shape index (κ3) is 2.75. The van der Waals surface area contributed by atoms with E-state index in [2.05, 4.69) is 12.2 Å². The Morgan fingerprint density at radius 1 is 1.06 bits per heavy atom. The van der Waals surface area contributed by atoms with Crippen molar-refractivity contribution >= 4 is 0 Å². The highest BCUT2D eigenvalue weighted by molar-refractivity contribution is 4.92. The normalized spacial score (nSPS) is 40.8. The van der Waals surface area contributed by atoms with Crippen molar-refractivity contribution in [3.63, 3.8) is 0 Å². The van der Waals surface area contributed by atoms with Crippen molar-refractivity contribution in [2.75, 3.05) is 19.7 Å². The van der Waals surface area contributed by atoms with E-state index in [1.165, 1.54) is 64.5 Å². The van der Waals surface area contributed by atoms with Gasteiger partial charge in [-0.3, -0.25) is 0 Å². The molecule has 2 heterocycles. The largest absolute Gasteiger partial charge is 0.375 e. The highest BCUT2D eigenvalue weighted by Gasteiger charge is 2.41. The first-order valence-electron chi connectivity index (χ1n) is 8.12. The molecule has 2 nitrogen and oxygen atoms in total. The molecular weight excluding hydrogens is 222 g/mol. The molecular formula is C16H29NO. The first-order chi connectivity index (χ1) is 8.77. The van der Waals surface area contributed by atoms with Crippen LogP contribution < -0.4 is 5.32 Å². The molecule has 1 spiro atoms.